The van der Waals surface area contributed by atoms with Crippen LogP contribution in [0.1, 0.15) is 37.7 Å². The Morgan fingerprint density at radius 3 is 2.44 bits per heavy atom. The van der Waals surface area contributed by atoms with Gasteiger partial charge in [-0.05, 0) is 67.6 Å². The number of piperidine rings is 1. The first-order valence-corrected chi connectivity index (χ1v) is 13.6. The number of likely N-dealkylation sites (tertiary alicyclic amines) is 1. The first-order chi connectivity index (χ1) is 16.6. The van der Waals surface area contributed by atoms with Gasteiger partial charge in [-0.25, -0.2) is 17.9 Å². The van der Waals surface area contributed by atoms with Gasteiger partial charge >= 0.3 is 0 Å². The van der Waals surface area contributed by atoms with Gasteiger partial charge in [0.2, 0.25) is 0 Å². The highest BCUT2D eigenvalue weighted by Crippen LogP contribution is 2.35. The summed E-state index contributed by atoms with van der Waals surface area (Å²) in [6.07, 6.45) is 11.1. The largest absolute Gasteiger partial charge is 0.299 e. The van der Waals surface area contributed by atoms with Crippen LogP contribution in [-0.4, -0.2) is 46.3 Å². The Bertz CT molecular complexity index is 1430. The molecule has 1 saturated heterocycles. The van der Waals surface area contributed by atoms with E-state index in [0.29, 0.717) is 10.5 Å². The zero-order valence-electron chi connectivity index (χ0n) is 19.1. The number of hydrogen-bond acceptors (Lipinski definition) is 5. The molecular formula is C27H28N4O2S. The summed E-state index contributed by atoms with van der Waals surface area (Å²) in [6.45, 7) is 3.40. The Labute approximate surface area is 200 Å². The third-order valence-electron chi connectivity index (χ3n) is 6.94. The van der Waals surface area contributed by atoms with Crippen molar-refractivity contribution in [1.29, 1.82) is 0 Å². The van der Waals surface area contributed by atoms with Crippen LogP contribution in [0.5, 0.6) is 0 Å². The van der Waals surface area contributed by atoms with E-state index in [1.807, 2.05) is 18.5 Å². The van der Waals surface area contributed by atoms with Crippen LogP contribution in [-0.2, 0) is 16.4 Å². The van der Waals surface area contributed by atoms with E-state index < -0.39 is 9.84 Å². The van der Waals surface area contributed by atoms with Crippen molar-refractivity contribution in [3.8, 4) is 22.3 Å². The van der Waals surface area contributed by atoms with Crippen molar-refractivity contribution >= 4 is 15.5 Å². The summed E-state index contributed by atoms with van der Waals surface area (Å²) in [5.74, 6) is 0. The number of hydrogen-bond donors (Lipinski definition) is 0. The van der Waals surface area contributed by atoms with Gasteiger partial charge in [-0.3, -0.25) is 4.90 Å². The van der Waals surface area contributed by atoms with Crippen LogP contribution in [0, 0.1) is 0 Å². The van der Waals surface area contributed by atoms with Gasteiger partial charge in [-0.15, -0.1) is 0 Å². The summed E-state index contributed by atoms with van der Waals surface area (Å²) in [4.78, 5) is 7.60. The predicted molar refractivity (Wildman–Crippen MR) is 133 cm³/mol. The Balaban J connectivity index is 1.25. The topological polar surface area (TPSA) is 67.6 Å². The molecule has 0 N–H and O–H groups in total. The van der Waals surface area contributed by atoms with E-state index in [1.165, 1.54) is 37.9 Å². The van der Waals surface area contributed by atoms with Crippen molar-refractivity contribution in [2.75, 3.05) is 13.1 Å². The lowest BCUT2D eigenvalue weighted by molar-refractivity contribution is 0.221. The van der Waals surface area contributed by atoms with Gasteiger partial charge in [-0.2, -0.15) is 5.10 Å². The molecule has 174 valence electrons. The lowest BCUT2D eigenvalue weighted by Gasteiger charge is -2.26. The summed E-state index contributed by atoms with van der Waals surface area (Å²) >= 11 is 0. The highest BCUT2D eigenvalue weighted by Gasteiger charge is 2.36. The monoisotopic (exact) mass is 472 g/mol. The average molecular weight is 473 g/mol. The fraction of sp³-hybridized carbons (Fsp3) is 0.333. The SMILES string of the molecule is O=S(=O)(c1cccc(-c2cnn3cc(-c4ccc(CN5CCCCC5)cc4)cnc23)c1)C1CC1. The van der Waals surface area contributed by atoms with Crippen LogP contribution >= 0.6 is 0 Å². The molecule has 2 aromatic carbocycles. The summed E-state index contributed by atoms with van der Waals surface area (Å²) in [7, 11) is -3.24. The van der Waals surface area contributed by atoms with E-state index in [2.05, 4.69) is 34.3 Å². The van der Waals surface area contributed by atoms with Crippen molar-refractivity contribution in [3.63, 3.8) is 0 Å². The number of fused-ring (bicyclic) bond motifs is 1. The lowest BCUT2D eigenvalue weighted by Crippen LogP contribution is -2.28. The van der Waals surface area contributed by atoms with E-state index in [-0.39, 0.29) is 5.25 Å². The molecule has 2 aliphatic rings. The Kier molecular flexibility index (Phi) is 5.46. The normalized spacial score (nSPS) is 17.3. The van der Waals surface area contributed by atoms with Crippen molar-refractivity contribution in [1.82, 2.24) is 19.5 Å². The van der Waals surface area contributed by atoms with Gasteiger partial charge in [0.25, 0.3) is 0 Å². The third-order valence-corrected chi connectivity index (χ3v) is 9.20. The van der Waals surface area contributed by atoms with Gasteiger partial charge in [0.15, 0.2) is 15.5 Å². The second-order valence-corrected chi connectivity index (χ2v) is 11.7. The second-order valence-electron chi connectivity index (χ2n) is 9.47. The van der Waals surface area contributed by atoms with Gasteiger partial charge < -0.3 is 0 Å². The molecule has 1 aliphatic heterocycles. The molecule has 0 spiro atoms. The molecule has 3 heterocycles. The summed E-state index contributed by atoms with van der Waals surface area (Å²) in [5.41, 5.74) is 5.80. The van der Waals surface area contributed by atoms with Crippen LogP contribution in [0.2, 0.25) is 0 Å². The van der Waals surface area contributed by atoms with Crippen molar-refractivity contribution in [3.05, 3.63) is 72.7 Å². The Morgan fingerprint density at radius 2 is 1.68 bits per heavy atom. The molecule has 0 radical (unpaired) electrons. The van der Waals surface area contributed by atoms with Crippen LogP contribution in [0.3, 0.4) is 0 Å². The maximum Gasteiger partial charge on any atom is 0.181 e. The van der Waals surface area contributed by atoms with Gasteiger partial charge in [-0.1, -0.05) is 42.8 Å². The molecule has 0 amide bonds. The molecule has 0 unspecified atom stereocenters. The zero-order valence-corrected chi connectivity index (χ0v) is 19.9. The summed E-state index contributed by atoms with van der Waals surface area (Å²) in [5, 5.41) is 4.29. The molecule has 6 nitrogen and oxygen atoms in total. The van der Waals surface area contributed by atoms with E-state index in [0.717, 1.165) is 41.6 Å². The van der Waals surface area contributed by atoms with Crippen LogP contribution in [0.4, 0.5) is 0 Å². The minimum atomic E-state index is -3.24. The highest BCUT2D eigenvalue weighted by molar-refractivity contribution is 7.92. The minimum Gasteiger partial charge on any atom is -0.299 e. The third kappa shape index (κ3) is 4.14. The maximum absolute atomic E-state index is 12.7. The van der Waals surface area contributed by atoms with Crippen molar-refractivity contribution < 1.29 is 8.42 Å². The second kappa shape index (κ2) is 8.64. The van der Waals surface area contributed by atoms with Crippen LogP contribution in [0.15, 0.2) is 72.0 Å². The van der Waals surface area contributed by atoms with Crippen LogP contribution in [0.25, 0.3) is 27.9 Å². The van der Waals surface area contributed by atoms with E-state index in [1.54, 1.807) is 28.9 Å². The predicted octanol–water partition coefficient (Wildman–Crippen LogP) is 4.99. The molecule has 1 aliphatic carbocycles. The number of benzene rings is 2. The smallest absolute Gasteiger partial charge is 0.181 e. The Hall–Kier alpha value is -3.03. The molecule has 7 heteroatoms. The fourth-order valence-corrected chi connectivity index (χ4v) is 6.52. The minimum absolute atomic E-state index is 0.224. The average Bonchev–Trinajstić information content (AvgIpc) is 3.65. The fourth-order valence-electron chi connectivity index (χ4n) is 4.82. The molecule has 1 saturated carbocycles. The molecule has 6 rings (SSSR count). The number of aromatic nitrogens is 3. The Morgan fingerprint density at radius 1 is 0.882 bits per heavy atom. The molecular weight excluding hydrogens is 444 g/mol. The molecule has 34 heavy (non-hydrogen) atoms. The first-order valence-electron chi connectivity index (χ1n) is 12.1. The molecule has 2 fully saturated rings. The van der Waals surface area contributed by atoms with Crippen molar-refractivity contribution in [2.45, 2.75) is 48.8 Å². The maximum atomic E-state index is 12.7. The first kappa shape index (κ1) is 21.5. The highest BCUT2D eigenvalue weighted by atomic mass is 32.2. The molecule has 4 aromatic rings. The summed E-state index contributed by atoms with van der Waals surface area (Å²) < 4.78 is 27.1. The molecule has 0 bridgehead atoms. The van der Waals surface area contributed by atoms with E-state index >= 15 is 0 Å². The number of nitrogens with zero attached hydrogens (tertiary/aromatic N) is 4. The van der Waals surface area contributed by atoms with Gasteiger partial charge in [0.1, 0.15) is 0 Å². The number of rotatable bonds is 6. The summed E-state index contributed by atoms with van der Waals surface area (Å²) in [6, 6.07) is 15.9. The molecule has 0 atom stereocenters. The quantitative estimate of drug-likeness (QED) is 0.396. The van der Waals surface area contributed by atoms with E-state index in [4.69, 9.17) is 4.98 Å². The standard InChI is InChI=1S/C27H28N4O2S/c32-34(33,24-11-12-24)25-6-4-5-22(15-25)26-17-29-31-19-23(16-28-27(26)31)21-9-7-20(8-10-21)18-30-13-2-1-3-14-30/h4-10,15-17,19,24H,1-3,11-14,18H2. The van der Waals surface area contributed by atoms with Crippen LogP contribution < -0.4 is 0 Å². The van der Waals surface area contributed by atoms with E-state index in [9.17, 15) is 8.42 Å². The van der Waals surface area contributed by atoms with Gasteiger partial charge in [0, 0.05) is 30.1 Å². The molecule has 2 aromatic heterocycles. The number of sulfone groups is 1. The van der Waals surface area contributed by atoms with Gasteiger partial charge in [0.05, 0.1) is 16.3 Å². The lowest BCUT2D eigenvalue weighted by atomic mass is 10.1. The zero-order chi connectivity index (χ0) is 23.1. The van der Waals surface area contributed by atoms with Crippen molar-refractivity contribution in [2.24, 2.45) is 0 Å².